The van der Waals surface area contributed by atoms with Crippen LogP contribution in [0.25, 0.3) is 0 Å². The number of nitrogens with one attached hydrogen (secondary N) is 1. The fourth-order valence-electron chi connectivity index (χ4n) is 2.59. The molecule has 0 aromatic heterocycles. The number of halogens is 1. The van der Waals surface area contributed by atoms with Crippen LogP contribution >= 0.6 is 24.0 Å². The summed E-state index contributed by atoms with van der Waals surface area (Å²) < 4.78 is 16.2. The van der Waals surface area contributed by atoms with Crippen molar-refractivity contribution in [3.05, 3.63) is 0 Å². The highest BCUT2D eigenvalue weighted by Crippen LogP contribution is 2.16. The van der Waals surface area contributed by atoms with Crippen molar-refractivity contribution in [2.24, 2.45) is 10.9 Å². The molecular weight excluding hydrogens is 373 g/mol. The molecule has 20 heavy (non-hydrogen) atoms. The lowest BCUT2D eigenvalue weighted by atomic mass is 10.1. The van der Waals surface area contributed by atoms with Crippen molar-refractivity contribution >= 4 is 29.9 Å². The van der Waals surface area contributed by atoms with Crippen LogP contribution in [0.5, 0.6) is 0 Å². The number of aliphatic imine (C=N–C) groups is 1. The highest BCUT2D eigenvalue weighted by atomic mass is 127. The average Bonchev–Trinajstić information content (AvgIpc) is 2.90. The molecule has 0 radical (unpaired) electrons. The Labute approximate surface area is 138 Å². The van der Waals surface area contributed by atoms with Gasteiger partial charge in [-0.25, -0.2) is 0 Å². The molecule has 2 fully saturated rings. The maximum atomic E-state index is 5.61. The van der Waals surface area contributed by atoms with Crippen LogP contribution in [0.3, 0.4) is 0 Å². The molecule has 0 amide bonds. The summed E-state index contributed by atoms with van der Waals surface area (Å²) in [5.41, 5.74) is 0. The zero-order chi connectivity index (χ0) is 13.5. The fraction of sp³-hybridized carbons (Fsp3) is 0.923. The summed E-state index contributed by atoms with van der Waals surface area (Å²) in [6.45, 7) is 5.67. The van der Waals surface area contributed by atoms with E-state index in [1.54, 1.807) is 7.11 Å². The topological polar surface area (TPSA) is 55.3 Å². The quantitative estimate of drug-likeness (QED) is 0.426. The summed E-state index contributed by atoms with van der Waals surface area (Å²) in [5, 5.41) is 3.37. The minimum absolute atomic E-state index is 0. The smallest absolute Gasteiger partial charge is 0.193 e. The number of hydrogen-bond donors (Lipinski definition) is 1. The molecule has 118 valence electrons. The normalized spacial score (nSPS) is 27.3. The molecule has 2 rings (SSSR count). The van der Waals surface area contributed by atoms with Gasteiger partial charge in [-0.3, -0.25) is 4.99 Å². The van der Waals surface area contributed by atoms with Crippen molar-refractivity contribution < 1.29 is 14.2 Å². The Hall–Kier alpha value is -0.120. The maximum Gasteiger partial charge on any atom is 0.193 e. The molecule has 2 unspecified atom stereocenters. The number of hydrogen-bond acceptors (Lipinski definition) is 4. The first-order valence-corrected chi connectivity index (χ1v) is 6.97. The van der Waals surface area contributed by atoms with Gasteiger partial charge in [0.1, 0.15) is 0 Å². The van der Waals surface area contributed by atoms with Gasteiger partial charge in [-0.05, 0) is 6.42 Å². The third-order valence-corrected chi connectivity index (χ3v) is 3.57. The second kappa shape index (κ2) is 9.75. The molecule has 0 bridgehead atoms. The molecule has 0 saturated carbocycles. The zero-order valence-corrected chi connectivity index (χ0v) is 14.7. The van der Waals surface area contributed by atoms with Crippen LogP contribution in [-0.4, -0.2) is 77.2 Å². The van der Waals surface area contributed by atoms with Crippen LogP contribution < -0.4 is 5.32 Å². The maximum absolute atomic E-state index is 5.61. The summed E-state index contributed by atoms with van der Waals surface area (Å²) in [5.74, 6) is 1.56. The van der Waals surface area contributed by atoms with Gasteiger partial charge >= 0.3 is 0 Å². The van der Waals surface area contributed by atoms with Gasteiger partial charge in [-0.2, -0.15) is 0 Å². The molecule has 6 nitrogen and oxygen atoms in total. The van der Waals surface area contributed by atoms with E-state index in [-0.39, 0.29) is 30.1 Å². The number of guanidine groups is 1. The lowest BCUT2D eigenvalue weighted by Gasteiger charge is -2.26. The van der Waals surface area contributed by atoms with Gasteiger partial charge in [0, 0.05) is 39.7 Å². The summed E-state index contributed by atoms with van der Waals surface area (Å²) >= 11 is 0. The van der Waals surface area contributed by atoms with Crippen molar-refractivity contribution in [2.75, 3.05) is 60.2 Å². The lowest BCUT2D eigenvalue weighted by Crippen LogP contribution is -2.46. The molecule has 7 heteroatoms. The summed E-state index contributed by atoms with van der Waals surface area (Å²) in [6.07, 6.45) is 1.29. The van der Waals surface area contributed by atoms with Crippen LogP contribution in [0.4, 0.5) is 0 Å². The first-order valence-electron chi connectivity index (χ1n) is 6.97. The number of rotatable bonds is 4. The predicted octanol–water partition coefficient (Wildman–Crippen LogP) is 0.563. The zero-order valence-electron chi connectivity index (χ0n) is 12.3. The van der Waals surface area contributed by atoms with Crippen LogP contribution in [0.15, 0.2) is 4.99 Å². The molecule has 0 aliphatic carbocycles. The van der Waals surface area contributed by atoms with E-state index >= 15 is 0 Å². The number of ether oxygens (including phenoxy) is 3. The first kappa shape index (κ1) is 17.9. The van der Waals surface area contributed by atoms with Gasteiger partial charge in [0.2, 0.25) is 0 Å². The Morgan fingerprint density at radius 1 is 1.45 bits per heavy atom. The minimum atomic E-state index is 0. The molecule has 2 aliphatic rings. The van der Waals surface area contributed by atoms with Crippen molar-refractivity contribution in [3.63, 3.8) is 0 Å². The van der Waals surface area contributed by atoms with E-state index in [1.165, 1.54) is 0 Å². The van der Waals surface area contributed by atoms with E-state index in [9.17, 15) is 0 Å². The molecule has 2 heterocycles. The number of nitrogens with zero attached hydrogens (tertiary/aromatic N) is 2. The molecule has 1 N–H and O–H groups in total. The Morgan fingerprint density at radius 3 is 2.95 bits per heavy atom. The Morgan fingerprint density at radius 2 is 2.30 bits per heavy atom. The third-order valence-electron chi connectivity index (χ3n) is 3.57. The standard InChI is InChI=1S/C13H25N3O3.HI/c1-14-13(15-7-12-10-18-5-6-19-12)16-4-3-11(8-16)9-17-2;/h11-12H,3-10H2,1-2H3,(H,14,15);1H. The van der Waals surface area contributed by atoms with E-state index in [0.717, 1.165) is 38.6 Å². The highest BCUT2D eigenvalue weighted by Gasteiger charge is 2.25. The van der Waals surface area contributed by atoms with Gasteiger partial charge < -0.3 is 24.4 Å². The van der Waals surface area contributed by atoms with Crippen LogP contribution in [0.2, 0.25) is 0 Å². The summed E-state index contributed by atoms with van der Waals surface area (Å²) in [7, 11) is 3.58. The van der Waals surface area contributed by atoms with Crippen molar-refractivity contribution in [3.8, 4) is 0 Å². The van der Waals surface area contributed by atoms with E-state index in [2.05, 4.69) is 15.2 Å². The van der Waals surface area contributed by atoms with Crippen molar-refractivity contribution in [1.82, 2.24) is 10.2 Å². The van der Waals surface area contributed by atoms with E-state index < -0.39 is 0 Å². The van der Waals surface area contributed by atoms with Crippen molar-refractivity contribution in [1.29, 1.82) is 0 Å². The van der Waals surface area contributed by atoms with Gasteiger partial charge in [0.25, 0.3) is 0 Å². The molecule has 0 aromatic carbocycles. The third kappa shape index (κ3) is 5.34. The van der Waals surface area contributed by atoms with Crippen LogP contribution in [0.1, 0.15) is 6.42 Å². The molecule has 2 atom stereocenters. The van der Waals surface area contributed by atoms with Gasteiger partial charge in [-0.1, -0.05) is 0 Å². The van der Waals surface area contributed by atoms with Gasteiger partial charge in [0.15, 0.2) is 5.96 Å². The number of likely N-dealkylation sites (tertiary alicyclic amines) is 1. The molecule has 0 spiro atoms. The number of methoxy groups -OCH3 is 1. The monoisotopic (exact) mass is 399 g/mol. The predicted molar refractivity (Wildman–Crippen MR) is 88.9 cm³/mol. The summed E-state index contributed by atoms with van der Waals surface area (Å²) in [6, 6.07) is 0. The fourth-order valence-corrected chi connectivity index (χ4v) is 2.59. The first-order chi connectivity index (χ1) is 9.33. The van der Waals surface area contributed by atoms with E-state index in [0.29, 0.717) is 25.7 Å². The molecular formula is C13H26IN3O3. The SMILES string of the molecule is CN=C(NCC1COCCO1)N1CCC(COC)C1.I. The van der Waals surface area contributed by atoms with Crippen LogP contribution in [0, 0.1) is 5.92 Å². The summed E-state index contributed by atoms with van der Waals surface area (Å²) in [4.78, 5) is 6.63. The highest BCUT2D eigenvalue weighted by molar-refractivity contribution is 14.0. The largest absolute Gasteiger partial charge is 0.384 e. The van der Waals surface area contributed by atoms with E-state index in [1.807, 2.05) is 7.05 Å². The van der Waals surface area contributed by atoms with Crippen molar-refractivity contribution in [2.45, 2.75) is 12.5 Å². The van der Waals surface area contributed by atoms with Gasteiger partial charge in [0.05, 0.1) is 32.5 Å². The van der Waals surface area contributed by atoms with E-state index in [4.69, 9.17) is 14.2 Å². The molecule has 2 aliphatic heterocycles. The molecule has 2 saturated heterocycles. The Kier molecular flexibility index (Phi) is 8.74. The Balaban J connectivity index is 0.00000200. The van der Waals surface area contributed by atoms with Crippen LogP contribution in [-0.2, 0) is 14.2 Å². The second-order valence-electron chi connectivity index (χ2n) is 5.05. The Bertz CT molecular complexity index is 299. The minimum Gasteiger partial charge on any atom is -0.384 e. The molecule has 0 aromatic rings. The lowest BCUT2D eigenvalue weighted by molar-refractivity contribution is -0.0851. The average molecular weight is 399 g/mol. The van der Waals surface area contributed by atoms with Gasteiger partial charge in [-0.15, -0.1) is 24.0 Å². The second-order valence-corrected chi connectivity index (χ2v) is 5.05.